The first-order valence-corrected chi connectivity index (χ1v) is 10.7. The second-order valence-electron chi connectivity index (χ2n) is 8.27. The zero-order chi connectivity index (χ0) is 21.7. The number of aryl methyl sites for hydroxylation is 1. The summed E-state index contributed by atoms with van der Waals surface area (Å²) in [5.41, 5.74) is 1.49. The highest BCUT2D eigenvalue weighted by atomic mass is 79.9. The van der Waals surface area contributed by atoms with Crippen LogP contribution in [-0.2, 0) is 11.2 Å². The van der Waals surface area contributed by atoms with Crippen molar-refractivity contribution >= 4 is 32.8 Å². The van der Waals surface area contributed by atoms with Gasteiger partial charge < -0.3 is 14.8 Å². The number of pyridine rings is 1. The number of fused-ring (bicyclic) bond motifs is 1. The zero-order valence-electron chi connectivity index (χ0n) is 17.7. The normalized spacial score (nSPS) is 12.4. The van der Waals surface area contributed by atoms with Gasteiger partial charge in [-0.1, -0.05) is 30.3 Å². The molecule has 0 saturated carbocycles. The zero-order valence-corrected chi connectivity index (χ0v) is 19.3. The predicted molar refractivity (Wildman–Crippen MR) is 123 cm³/mol. The van der Waals surface area contributed by atoms with E-state index in [4.69, 9.17) is 9.47 Å². The van der Waals surface area contributed by atoms with E-state index in [0.717, 1.165) is 32.3 Å². The number of nitrogens with zero attached hydrogens (tertiary/aromatic N) is 1. The fourth-order valence-corrected chi connectivity index (χ4v) is 3.68. The third-order valence-corrected chi connectivity index (χ3v) is 5.24. The predicted octanol–water partition coefficient (Wildman–Crippen LogP) is 5.82. The minimum atomic E-state index is -0.560. The van der Waals surface area contributed by atoms with Crippen molar-refractivity contribution in [2.75, 3.05) is 6.61 Å². The first-order chi connectivity index (χ1) is 14.2. The Hall–Kier alpha value is -2.60. The Kier molecular flexibility index (Phi) is 6.98. The number of nitrogens with one attached hydrogen (secondary N) is 1. The summed E-state index contributed by atoms with van der Waals surface area (Å²) < 4.78 is 12.4. The van der Waals surface area contributed by atoms with E-state index in [1.54, 1.807) is 0 Å². The van der Waals surface area contributed by atoms with Gasteiger partial charge in [-0.05, 0) is 73.8 Å². The minimum absolute atomic E-state index is 0.246. The topological polar surface area (TPSA) is 60.5 Å². The molecule has 0 radical (unpaired) electrons. The number of alkyl carbamates (subject to hydrolysis) is 1. The van der Waals surface area contributed by atoms with Crippen LogP contribution in [0.3, 0.4) is 0 Å². The molecule has 0 aliphatic carbocycles. The number of hydrogen-bond donors (Lipinski definition) is 1. The average molecular weight is 471 g/mol. The number of aromatic nitrogens is 1. The van der Waals surface area contributed by atoms with Crippen molar-refractivity contribution in [2.24, 2.45) is 0 Å². The Bertz CT molecular complexity index is 1020. The molecule has 0 saturated heterocycles. The molecule has 1 heterocycles. The lowest BCUT2D eigenvalue weighted by molar-refractivity contribution is 0.0487. The van der Waals surface area contributed by atoms with Gasteiger partial charge >= 0.3 is 6.09 Å². The van der Waals surface area contributed by atoms with Crippen LogP contribution in [0.2, 0.25) is 0 Å². The van der Waals surface area contributed by atoms with Gasteiger partial charge in [-0.25, -0.2) is 4.79 Å². The Morgan fingerprint density at radius 1 is 1.17 bits per heavy atom. The molecule has 30 heavy (non-hydrogen) atoms. The van der Waals surface area contributed by atoms with Gasteiger partial charge in [0.05, 0.1) is 10.5 Å². The molecule has 1 N–H and O–H groups in total. The van der Waals surface area contributed by atoms with Gasteiger partial charge in [0.1, 0.15) is 18.0 Å². The highest BCUT2D eigenvalue weighted by molar-refractivity contribution is 9.10. The van der Waals surface area contributed by atoms with Crippen molar-refractivity contribution in [1.29, 1.82) is 0 Å². The summed E-state index contributed by atoms with van der Waals surface area (Å²) in [5, 5.41) is 5.02. The van der Waals surface area contributed by atoms with Crippen molar-refractivity contribution in [3.63, 3.8) is 0 Å². The number of carbonyl (C=O) groups is 1. The van der Waals surface area contributed by atoms with Crippen LogP contribution in [0.1, 0.15) is 32.0 Å². The molecule has 6 heteroatoms. The number of carbonyl (C=O) groups excluding carboxylic acids is 1. The van der Waals surface area contributed by atoms with Gasteiger partial charge in [-0.2, -0.15) is 0 Å². The number of benzene rings is 2. The number of rotatable bonds is 6. The van der Waals surface area contributed by atoms with Crippen molar-refractivity contribution < 1.29 is 14.3 Å². The Labute approximate surface area is 185 Å². The van der Waals surface area contributed by atoms with Crippen molar-refractivity contribution in [1.82, 2.24) is 10.3 Å². The number of amides is 1. The second kappa shape index (κ2) is 9.47. The lowest BCUT2D eigenvalue weighted by atomic mass is 10.1. The molecule has 158 valence electrons. The maximum atomic E-state index is 12.3. The molecule has 0 unspecified atom stereocenters. The van der Waals surface area contributed by atoms with Crippen LogP contribution in [-0.4, -0.2) is 29.3 Å². The maximum Gasteiger partial charge on any atom is 0.408 e. The first-order valence-electron chi connectivity index (χ1n) is 9.92. The minimum Gasteiger partial charge on any atom is -0.490 e. The Morgan fingerprint density at radius 2 is 1.90 bits per heavy atom. The van der Waals surface area contributed by atoms with E-state index in [1.807, 2.05) is 82.4 Å². The molecule has 2 aromatic carbocycles. The highest BCUT2D eigenvalue weighted by Gasteiger charge is 2.21. The number of ether oxygens (including phenoxy) is 2. The van der Waals surface area contributed by atoms with Gasteiger partial charge in [0.15, 0.2) is 0 Å². The van der Waals surface area contributed by atoms with Crippen LogP contribution in [0, 0.1) is 6.92 Å². The number of halogens is 1. The summed E-state index contributed by atoms with van der Waals surface area (Å²) in [5.74, 6) is 0.720. The summed E-state index contributed by atoms with van der Waals surface area (Å²) in [6, 6.07) is 15.7. The van der Waals surface area contributed by atoms with Crippen LogP contribution in [0.4, 0.5) is 4.79 Å². The summed E-state index contributed by atoms with van der Waals surface area (Å²) in [7, 11) is 0. The Balaban J connectivity index is 1.76. The molecular weight excluding hydrogens is 444 g/mol. The molecule has 0 aliphatic heterocycles. The van der Waals surface area contributed by atoms with E-state index >= 15 is 0 Å². The van der Waals surface area contributed by atoms with E-state index in [0.29, 0.717) is 13.0 Å². The van der Waals surface area contributed by atoms with Crippen molar-refractivity contribution in [2.45, 2.75) is 45.8 Å². The van der Waals surface area contributed by atoms with E-state index in [1.165, 1.54) is 0 Å². The fraction of sp³-hybridized carbons (Fsp3) is 0.333. The lowest BCUT2D eigenvalue weighted by Crippen LogP contribution is -2.43. The van der Waals surface area contributed by atoms with Gasteiger partial charge in [-0.15, -0.1) is 0 Å². The molecule has 0 spiro atoms. The summed E-state index contributed by atoms with van der Waals surface area (Å²) in [6.07, 6.45) is 2.03. The van der Waals surface area contributed by atoms with E-state index in [2.05, 4.69) is 26.2 Å². The second-order valence-corrected chi connectivity index (χ2v) is 9.06. The highest BCUT2D eigenvalue weighted by Crippen LogP contribution is 2.33. The summed E-state index contributed by atoms with van der Waals surface area (Å²) in [6.45, 7) is 7.80. The molecule has 1 aromatic heterocycles. The smallest absolute Gasteiger partial charge is 0.408 e. The van der Waals surface area contributed by atoms with Crippen LogP contribution in [0.25, 0.3) is 10.8 Å². The van der Waals surface area contributed by atoms with Crippen LogP contribution >= 0.6 is 15.9 Å². The van der Waals surface area contributed by atoms with Crippen molar-refractivity contribution in [3.8, 4) is 5.75 Å². The standard InChI is InChI=1S/C24H27BrN2O3/c1-16-12-20-18(14-26-16)10-11-21(22(20)25)29-15-19(13-17-8-6-5-7-9-17)27-23(28)30-24(2,3)4/h5-12,14,19H,13,15H2,1-4H3,(H,27,28)/t19-/m1/s1. The molecule has 1 amide bonds. The van der Waals surface area contributed by atoms with Crippen LogP contribution in [0.5, 0.6) is 5.75 Å². The largest absolute Gasteiger partial charge is 0.490 e. The fourth-order valence-electron chi connectivity index (χ4n) is 3.09. The molecule has 0 fully saturated rings. The average Bonchev–Trinajstić information content (AvgIpc) is 2.67. The maximum absolute atomic E-state index is 12.3. The molecule has 3 aromatic rings. The van der Waals surface area contributed by atoms with Gasteiger partial charge in [0.2, 0.25) is 0 Å². The quantitative estimate of drug-likeness (QED) is 0.492. The first kappa shape index (κ1) is 22.1. The summed E-state index contributed by atoms with van der Waals surface area (Å²) in [4.78, 5) is 16.7. The van der Waals surface area contributed by atoms with Gasteiger partial charge in [-0.3, -0.25) is 4.98 Å². The van der Waals surface area contributed by atoms with E-state index in [9.17, 15) is 4.79 Å². The molecule has 5 nitrogen and oxygen atoms in total. The monoisotopic (exact) mass is 470 g/mol. The molecule has 1 atom stereocenters. The van der Waals surface area contributed by atoms with E-state index < -0.39 is 11.7 Å². The molecule has 0 aliphatic rings. The van der Waals surface area contributed by atoms with Crippen molar-refractivity contribution in [3.05, 3.63) is 70.5 Å². The van der Waals surface area contributed by atoms with Gasteiger partial charge in [0.25, 0.3) is 0 Å². The molecular formula is C24H27BrN2O3. The van der Waals surface area contributed by atoms with Crippen LogP contribution < -0.4 is 10.1 Å². The third-order valence-electron chi connectivity index (χ3n) is 4.42. The molecule has 0 bridgehead atoms. The van der Waals surface area contributed by atoms with Crippen LogP contribution in [0.15, 0.2) is 59.2 Å². The molecule has 3 rings (SSSR count). The summed E-state index contributed by atoms with van der Waals surface area (Å²) >= 11 is 3.66. The van der Waals surface area contributed by atoms with E-state index in [-0.39, 0.29) is 6.04 Å². The number of hydrogen-bond acceptors (Lipinski definition) is 4. The van der Waals surface area contributed by atoms with Gasteiger partial charge in [0, 0.05) is 22.7 Å². The Morgan fingerprint density at radius 3 is 2.60 bits per heavy atom. The SMILES string of the molecule is Cc1cc2c(Br)c(OC[C@@H](Cc3ccccc3)NC(=O)OC(C)(C)C)ccc2cn1. The lowest BCUT2D eigenvalue weighted by Gasteiger charge is -2.24. The third kappa shape index (κ3) is 6.20.